The van der Waals surface area contributed by atoms with Crippen molar-refractivity contribution in [1.82, 2.24) is 10.6 Å². The van der Waals surface area contributed by atoms with E-state index in [2.05, 4.69) is 10.6 Å². The molecule has 2 N–H and O–H groups in total. The van der Waals surface area contributed by atoms with Crippen molar-refractivity contribution in [3.05, 3.63) is 41.5 Å². The van der Waals surface area contributed by atoms with Crippen molar-refractivity contribution in [1.29, 1.82) is 0 Å². The fourth-order valence-corrected chi connectivity index (χ4v) is 1.75. The van der Waals surface area contributed by atoms with E-state index in [0.717, 1.165) is 18.4 Å². The third kappa shape index (κ3) is 5.39. The number of hydrogen-bond donors (Lipinski definition) is 2. The second-order valence-corrected chi connectivity index (χ2v) is 4.99. The number of methoxy groups -OCH3 is 1. The number of amides is 2. The van der Waals surface area contributed by atoms with E-state index in [4.69, 9.17) is 4.74 Å². The Morgan fingerprint density at radius 2 is 2.00 bits per heavy atom. The van der Waals surface area contributed by atoms with Gasteiger partial charge in [0.1, 0.15) is 0 Å². The fraction of sp³-hybridized carbons (Fsp3) is 0.375. The van der Waals surface area contributed by atoms with Crippen LogP contribution in [0, 0.1) is 0 Å². The third-order valence-corrected chi connectivity index (χ3v) is 3.12. The van der Waals surface area contributed by atoms with Crippen LogP contribution in [-0.2, 0) is 9.53 Å². The van der Waals surface area contributed by atoms with E-state index in [0.29, 0.717) is 24.8 Å². The van der Waals surface area contributed by atoms with E-state index in [-0.39, 0.29) is 11.8 Å². The molecule has 0 bridgehead atoms. The number of rotatable bonds is 7. The minimum absolute atomic E-state index is 0.0367. The fourth-order valence-electron chi connectivity index (χ4n) is 1.75. The number of carbonyl (C=O) groups is 2. The summed E-state index contributed by atoms with van der Waals surface area (Å²) in [5, 5.41) is 5.63. The normalized spacial score (nSPS) is 14.1. The molecule has 0 saturated heterocycles. The quantitative estimate of drug-likeness (QED) is 0.588. The van der Waals surface area contributed by atoms with Gasteiger partial charge in [0.25, 0.3) is 5.91 Å². The molecule has 1 aliphatic carbocycles. The van der Waals surface area contributed by atoms with Crippen LogP contribution in [0.15, 0.2) is 30.3 Å². The Balaban J connectivity index is 1.83. The number of ether oxygens (including phenoxy) is 1. The first-order valence-corrected chi connectivity index (χ1v) is 7.05. The van der Waals surface area contributed by atoms with Crippen molar-refractivity contribution in [2.75, 3.05) is 20.3 Å². The molecular weight excluding hydrogens is 268 g/mol. The van der Waals surface area contributed by atoms with Crippen molar-refractivity contribution in [2.24, 2.45) is 0 Å². The molecule has 21 heavy (non-hydrogen) atoms. The number of benzene rings is 1. The van der Waals surface area contributed by atoms with Crippen LogP contribution in [0.4, 0.5) is 0 Å². The summed E-state index contributed by atoms with van der Waals surface area (Å²) in [6.45, 7) is 0.977. The van der Waals surface area contributed by atoms with Crippen molar-refractivity contribution in [3.63, 3.8) is 0 Å². The smallest absolute Gasteiger partial charge is 0.251 e. The zero-order valence-corrected chi connectivity index (χ0v) is 12.1. The number of nitrogens with one attached hydrogen (secondary N) is 2. The average molecular weight is 288 g/mol. The molecule has 112 valence electrons. The summed E-state index contributed by atoms with van der Waals surface area (Å²) >= 11 is 0. The van der Waals surface area contributed by atoms with Crippen LogP contribution < -0.4 is 10.6 Å². The molecule has 2 rings (SSSR count). The Bertz CT molecular complexity index is 519. The van der Waals surface area contributed by atoms with Crippen molar-refractivity contribution in [3.8, 4) is 0 Å². The number of carbonyl (C=O) groups excluding carboxylic acids is 2. The Labute approximate surface area is 124 Å². The molecule has 0 unspecified atom stereocenters. The molecule has 2 amide bonds. The molecule has 0 atom stereocenters. The summed E-state index contributed by atoms with van der Waals surface area (Å²) < 4.78 is 4.85. The summed E-state index contributed by atoms with van der Waals surface area (Å²) in [4.78, 5) is 23.3. The molecule has 5 nitrogen and oxygen atoms in total. The van der Waals surface area contributed by atoms with Gasteiger partial charge >= 0.3 is 0 Å². The van der Waals surface area contributed by atoms with Gasteiger partial charge in [-0.15, -0.1) is 0 Å². The first-order chi connectivity index (χ1) is 10.2. The SMILES string of the molecule is COCCNC(=O)C=Cc1ccc(C(=O)NC2CC2)cc1. The van der Waals surface area contributed by atoms with Crippen LogP contribution >= 0.6 is 0 Å². The average Bonchev–Trinajstić information content (AvgIpc) is 3.30. The van der Waals surface area contributed by atoms with Gasteiger partial charge in [0, 0.05) is 31.3 Å². The molecule has 0 heterocycles. The topological polar surface area (TPSA) is 67.4 Å². The highest BCUT2D eigenvalue weighted by Gasteiger charge is 2.23. The summed E-state index contributed by atoms with van der Waals surface area (Å²) in [6.07, 6.45) is 5.33. The zero-order chi connectivity index (χ0) is 15.1. The minimum atomic E-state index is -0.164. The van der Waals surface area contributed by atoms with Gasteiger partial charge in [-0.3, -0.25) is 9.59 Å². The van der Waals surface area contributed by atoms with Crippen LogP contribution in [0.25, 0.3) is 6.08 Å². The Hall–Kier alpha value is -2.14. The second kappa shape index (κ2) is 7.59. The van der Waals surface area contributed by atoms with Gasteiger partial charge in [0.2, 0.25) is 5.91 Å². The summed E-state index contributed by atoms with van der Waals surface area (Å²) in [5.41, 5.74) is 1.52. The molecule has 0 radical (unpaired) electrons. The van der Waals surface area contributed by atoms with Crippen molar-refractivity contribution >= 4 is 17.9 Å². The van der Waals surface area contributed by atoms with Gasteiger partial charge in [0.05, 0.1) is 6.61 Å². The van der Waals surface area contributed by atoms with Crippen molar-refractivity contribution in [2.45, 2.75) is 18.9 Å². The molecule has 1 aromatic carbocycles. The van der Waals surface area contributed by atoms with E-state index < -0.39 is 0 Å². The van der Waals surface area contributed by atoms with Crippen molar-refractivity contribution < 1.29 is 14.3 Å². The summed E-state index contributed by atoms with van der Waals surface area (Å²) in [7, 11) is 1.59. The lowest BCUT2D eigenvalue weighted by Crippen LogP contribution is -2.25. The lowest BCUT2D eigenvalue weighted by molar-refractivity contribution is -0.116. The molecule has 1 aliphatic rings. The maximum absolute atomic E-state index is 11.8. The van der Waals surface area contributed by atoms with Gasteiger partial charge in [0.15, 0.2) is 0 Å². The minimum Gasteiger partial charge on any atom is -0.383 e. The van der Waals surface area contributed by atoms with Crippen LogP contribution in [-0.4, -0.2) is 38.1 Å². The Morgan fingerprint density at radius 1 is 1.29 bits per heavy atom. The molecule has 1 saturated carbocycles. The first kappa shape index (κ1) is 15.3. The van der Waals surface area contributed by atoms with Crippen LogP contribution in [0.3, 0.4) is 0 Å². The van der Waals surface area contributed by atoms with Gasteiger partial charge in [-0.2, -0.15) is 0 Å². The van der Waals surface area contributed by atoms with Crippen LogP contribution in [0.2, 0.25) is 0 Å². The molecular formula is C16H20N2O3. The third-order valence-electron chi connectivity index (χ3n) is 3.12. The molecule has 1 aromatic rings. The van der Waals surface area contributed by atoms with Gasteiger partial charge in [-0.1, -0.05) is 12.1 Å². The lowest BCUT2D eigenvalue weighted by Gasteiger charge is -2.03. The molecule has 5 heteroatoms. The first-order valence-electron chi connectivity index (χ1n) is 7.05. The summed E-state index contributed by atoms with van der Waals surface area (Å²) in [6, 6.07) is 7.52. The second-order valence-electron chi connectivity index (χ2n) is 4.99. The largest absolute Gasteiger partial charge is 0.383 e. The predicted octanol–water partition coefficient (Wildman–Crippen LogP) is 1.35. The van der Waals surface area contributed by atoms with Gasteiger partial charge in [-0.05, 0) is 36.6 Å². The molecule has 0 aromatic heterocycles. The van der Waals surface area contributed by atoms with E-state index in [1.807, 2.05) is 12.1 Å². The maximum atomic E-state index is 11.8. The molecule has 0 spiro atoms. The maximum Gasteiger partial charge on any atom is 0.251 e. The van der Waals surface area contributed by atoms with E-state index in [1.165, 1.54) is 6.08 Å². The van der Waals surface area contributed by atoms with E-state index in [1.54, 1.807) is 25.3 Å². The highest BCUT2D eigenvalue weighted by atomic mass is 16.5. The van der Waals surface area contributed by atoms with E-state index >= 15 is 0 Å². The standard InChI is InChI=1S/C16H20N2O3/c1-21-11-10-17-15(19)9-4-12-2-5-13(6-3-12)16(20)18-14-7-8-14/h2-6,9,14H,7-8,10-11H2,1H3,(H,17,19)(H,18,20). The van der Waals surface area contributed by atoms with E-state index in [9.17, 15) is 9.59 Å². The van der Waals surface area contributed by atoms with Gasteiger partial charge in [-0.25, -0.2) is 0 Å². The van der Waals surface area contributed by atoms with Crippen LogP contribution in [0.5, 0.6) is 0 Å². The Morgan fingerprint density at radius 3 is 2.62 bits per heavy atom. The zero-order valence-electron chi connectivity index (χ0n) is 12.1. The predicted molar refractivity (Wildman–Crippen MR) is 80.8 cm³/mol. The lowest BCUT2D eigenvalue weighted by atomic mass is 10.1. The Kier molecular flexibility index (Phi) is 5.51. The molecule has 1 fully saturated rings. The van der Waals surface area contributed by atoms with Crippen LogP contribution in [0.1, 0.15) is 28.8 Å². The van der Waals surface area contributed by atoms with Gasteiger partial charge < -0.3 is 15.4 Å². The molecule has 0 aliphatic heterocycles. The monoisotopic (exact) mass is 288 g/mol. The number of hydrogen-bond acceptors (Lipinski definition) is 3. The highest BCUT2D eigenvalue weighted by molar-refractivity contribution is 5.95. The highest BCUT2D eigenvalue weighted by Crippen LogP contribution is 2.19. The summed E-state index contributed by atoms with van der Waals surface area (Å²) in [5.74, 6) is -0.201.